The lowest BCUT2D eigenvalue weighted by molar-refractivity contribution is 0.0391. The van der Waals surface area contributed by atoms with Gasteiger partial charge in [0.05, 0.1) is 33.2 Å². The monoisotopic (exact) mass is 487 g/mol. The number of thiophene rings is 1. The molecule has 3 aromatic rings. The van der Waals surface area contributed by atoms with Gasteiger partial charge in [-0.25, -0.2) is 13.4 Å². The van der Waals surface area contributed by atoms with E-state index in [2.05, 4.69) is 9.88 Å². The Balaban J connectivity index is 0.00000256. The van der Waals surface area contributed by atoms with Gasteiger partial charge in [0.25, 0.3) is 5.91 Å². The van der Waals surface area contributed by atoms with Crippen LogP contribution in [0.1, 0.15) is 9.67 Å². The zero-order chi connectivity index (χ0) is 20.4. The third-order valence-corrected chi connectivity index (χ3v) is 7.74. The molecule has 0 N–H and O–H groups in total. The molecule has 1 amide bonds. The second-order valence-electron chi connectivity index (χ2n) is 6.79. The van der Waals surface area contributed by atoms with Gasteiger partial charge in [0, 0.05) is 32.4 Å². The van der Waals surface area contributed by atoms with Gasteiger partial charge in [-0.1, -0.05) is 17.4 Å². The fourth-order valence-electron chi connectivity index (χ4n) is 3.12. The van der Waals surface area contributed by atoms with Crippen LogP contribution in [-0.2, 0) is 14.6 Å². The maximum Gasteiger partial charge on any atom is 0.270 e. The molecule has 162 valence electrons. The Bertz CT molecular complexity index is 1110. The maximum absolute atomic E-state index is 13.1. The minimum absolute atomic E-state index is 0. The van der Waals surface area contributed by atoms with Crippen molar-refractivity contribution in [3.05, 3.63) is 40.6 Å². The van der Waals surface area contributed by atoms with Gasteiger partial charge in [-0.15, -0.1) is 23.7 Å². The Kier molecular flexibility index (Phi) is 7.48. The average molecular weight is 488 g/mol. The number of hydrogen-bond donors (Lipinski definition) is 0. The molecular weight excluding hydrogens is 466 g/mol. The number of carbonyl (C=O) groups excluding carboxylic acids is 1. The molecule has 0 aliphatic carbocycles. The van der Waals surface area contributed by atoms with Crippen LogP contribution in [0, 0.1) is 0 Å². The molecular formula is C19H22ClN3O4S3. The molecule has 1 aliphatic rings. The second-order valence-corrected chi connectivity index (χ2v) is 10.8. The van der Waals surface area contributed by atoms with Crippen LogP contribution in [0.3, 0.4) is 0 Å². The first-order valence-electron chi connectivity index (χ1n) is 9.18. The van der Waals surface area contributed by atoms with E-state index < -0.39 is 9.84 Å². The zero-order valence-electron chi connectivity index (χ0n) is 16.3. The van der Waals surface area contributed by atoms with Crippen LogP contribution in [0.25, 0.3) is 10.2 Å². The fourth-order valence-corrected chi connectivity index (χ4v) is 5.55. The Hall–Kier alpha value is -1.56. The van der Waals surface area contributed by atoms with E-state index in [1.165, 1.54) is 28.9 Å². The van der Waals surface area contributed by atoms with Gasteiger partial charge in [-0.05, 0) is 29.6 Å². The molecule has 1 aromatic carbocycles. The summed E-state index contributed by atoms with van der Waals surface area (Å²) in [5.41, 5.74) is 0.688. The summed E-state index contributed by atoms with van der Waals surface area (Å²) >= 11 is 2.74. The highest BCUT2D eigenvalue weighted by atomic mass is 35.5. The quantitative estimate of drug-likeness (QED) is 0.531. The third-order valence-electron chi connectivity index (χ3n) is 4.73. The fraction of sp³-hybridized carbons (Fsp3) is 0.368. The van der Waals surface area contributed by atoms with Crippen LogP contribution in [0.15, 0.2) is 40.6 Å². The summed E-state index contributed by atoms with van der Waals surface area (Å²) in [6.45, 7) is 4.33. The molecule has 0 saturated carbocycles. The predicted molar refractivity (Wildman–Crippen MR) is 123 cm³/mol. The molecule has 3 heterocycles. The molecule has 0 spiro atoms. The van der Waals surface area contributed by atoms with Gasteiger partial charge >= 0.3 is 0 Å². The van der Waals surface area contributed by atoms with Crippen molar-refractivity contribution in [2.45, 2.75) is 4.90 Å². The number of hydrogen-bond acceptors (Lipinski definition) is 8. The van der Waals surface area contributed by atoms with Crippen LogP contribution in [0.5, 0.6) is 0 Å². The summed E-state index contributed by atoms with van der Waals surface area (Å²) < 4.78 is 29.9. The van der Waals surface area contributed by atoms with Crippen LogP contribution < -0.4 is 4.90 Å². The number of fused-ring (bicyclic) bond motifs is 1. The van der Waals surface area contributed by atoms with Crippen molar-refractivity contribution in [2.24, 2.45) is 0 Å². The maximum atomic E-state index is 13.1. The highest BCUT2D eigenvalue weighted by Gasteiger charge is 2.24. The van der Waals surface area contributed by atoms with E-state index in [4.69, 9.17) is 4.74 Å². The van der Waals surface area contributed by atoms with Crippen LogP contribution >= 0.6 is 35.1 Å². The number of sulfone groups is 1. The van der Waals surface area contributed by atoms with E-state index in [1.54, 1.807) is 23.1 Å². The summed E-state index contributed by atoms with van der Waals surface area (Å²) in [4.78, 5) is 22.6. The molecule has 11 heteroatoms. The number of benzene rings is 1. The second kappa shape index (κ2) is 9.71. The van der Waals surface area contributed by atoms with Crippen molar-refractivity contribution in [3.63, 3.8) is 0 Å². The van der Waals surface area contributed by atoms with Crippen LogP contribution in [0.4, 0.5) is 5.13 Å². The van der Waals surface area contributed by atoms with E-state index in [0.29, 0.717) is 35.3 Å². The molecule has 1 saturated heterocycles. The van der Waals surface area contributed by atoms with Gasteiger partial charge in [0.1, 0.15) is 0 Å². The van der Waals surface area contributed by atoms with E-state index >= 15 is 0 Å². The van der Waals surface area contributed by atoms with Crippen LogP contribution in [0.2, 0.25) is 0 Å². The predicted octanol–water partition coefficient (Wildman–Crippen LogP) is 3.16. The molecule has 1 aliphatic heterocycles. The molecule has 0 bridgehead atoms. The number of anilines is 1. The molecule has 30 heavy (non-hydrogen) atoms. The Morgan fingerprint density at radius 1 is 1.27 bits per heavy atom. The minimum Gasteiger partial charge on any atom is -0.379 e. The standard InChI is InChI=1S/C19H21N3O4S3.ClH/c1-29(24,25)14-4-5-15-17(13-14)28-19(20-15)22(18(23)16-3-2-12-27-16)7-6-21-8-10-26-11-9-21;/h2-5,12-13H,6-11H2,1H3;1H. The largest absolute Gasteiger partial charge is 0.379 e. The number of thiazole rings is 1. The van der Waals surface area contributed by atoms with E-state index in [-0.39, 0.29) is 23.2 Å². The van der Waals surface area contributed by atoms with Crippen molar-refractivity contribution < 1.29 is 17.9 Å². The van der Waals surface area contributed by atoms with E-state index in [0.717, 1.165) is 24.3 Å². The third kappa shape index (κ3) is 5.19. The van der Waals surface area contributed by atoms with Gasteiger partial charge < -0.3 is 4.74 Å². The number of morpholine rings is 1. The molecule has 4 rings (SSSR count). The van der Waals surface area contributed by atoms with Gasteiger partial charge in [0.15, 0.2) is 15.0 Å². The van der Waals surface area contributed by atoms with Crippen molar-refractivity contribution in [1.29, 1.82) is 0 Å². The number of aromatic nitrogens is 1. The zero-order valence-corrected chi connectivity index (χ0v) is 19.6. The highest BCUT2D eigenvalue weighted by Crippen LogP contribution is 2.32. The average Bonchev–Trinajstić information content (AvgIpc) is 3.37. The Labute approximate surface area is 189 Å². The molecule has 0 atom stereocenters. The summed E-state index contributed by atoms with van der Waals surface area (Å²) in [7, 11) is -3.30. The first-order valence-corrected chi connectivity index (χ1v) is 12.8. The van der Waals surface area contributed by atoms with E-state index in [1.807, 2.05) is 17.5 Å². The normalized spacial score (nSPS) is 15.1. The molecule has 2 aromatic heterocycles. The number of nitrogens with zero attached hydrogens (tertiary/aromatic N) is 3. The summed E-state index contributed by atoms with van der Waals surface area (Å²) in [5.74, 6) is -0.0874. The summed E-state index contributed by atoms with van der Waals surface area (Å²) in [6, 6.07) is 8.54. The number of carbonyl (C=O) groups is 1. The molecule has 0 radical (unpaired) electrons. The van der Waals surface area contributed by atoms with Gasteiger partial charge in [0.2, 0.25) is 0 Å². The number of halogens is 1. The lowest BCUT2D eigenvalue weighted by Crippen LogP contribution is -2.43. The summed E-state index contributed by atoms with van der Waals surface area (Å²) in [5, 5.41) is 2.46. The minimum atomic E-state index is -3.30. The first kappa shape index (κ1) is 23.1. The van der Waals surface area contributed by atoms with Crippen molar-refractivity contribution in [3.8, 4) is 0 Å². The van der Waals surface area contributed by atoms with E-state index in [9.17, 15) is 13.2 Å². The number of ether oxygens (including phenoxy) is 1. The molecule has 0 unspecified atom stereocenters. The Morgan fingerprint density at radius 3 is 2.70 bits per heavy atom. The SMILES string of the molecule is CS(=O)(=O)c1ccc2nc(N(CCN3CCOCC3)C(=O)c3cccs3)sc2c1.Cl. The van der Waals surface area contributed by atoms with Crippen LogP contribution in [-0.4, -0.2) is 69.9 Å². The van der Waals surface area contributed by atoms with Crippen molar-refractivity contribution >= 4 is 66.2 Å². The first-order chi connectivity index (χ1) is 13.9. The lowest BCUT2D eigenvalue weighted by atomic mass is 10.3. The van der Waals surface area contributed by atoms with Crippen molar-refractivity contribution in [1.82, 2.24) is 9.88 Å². The lowest BCUT2D eigenvalue weighted by Gasteiger charge is -2.29. The molecule has 1 fully saturated rings. The smallest absolute Gasteiger partial charge is 0.270 e. The molecule has 7 nitrogen and oxygen atoms in total. The Morgan fingerprint density at radius 2 is 2.03 bits per heavy atom. The van der Waals surface area contributed by atoms with Gasteiger partial charge in [-0.2, -0.15) is 0 Å². The number of amides is 1. The highest BCUT2D eigenvalue weighted by molar-refractivity contribution is 7.90. The topological polar surface area (TPSA) is 79.8 Å². The van der Waals surface area contributed by atoms with Crippen molar-refractivity contribution in [2.75, 3.05) is 50.5 Å². The van der Waals surface area contributed by atoms with Gasteiger partial charge in [-0.3, -0.25) is 14.6 Å². The summed E-state index contributed by atoms with van der Waals surface area (Å²) in [6.07, 6.45) is 1.19. The number of rotatable bonds is 6.